The summed E-state index contributed by atoms with van der Waals surface area (Å²) in [5.74, 6) is 1.13. The molecule has 0 heterocycles. The standard InChI is InChI=1S/C25H26N2O3/c1-18-4-6-22(7-5-18)16-29-23-10-8-21(9-11-23)15-26-27-25(28)17-30-24-13-19(2)12-20(3)14-24/h4-15H,16-17H2,1-3H3,(H,27,28)/b26-15+. The maximum atomic E-state index is 11.9. The molecule has 3 rings (SSSR count). The third kappa shape index (κ3) is 6.78. The van der Waals surface area contributed by atoms with Crippen LogP contribution in [-0.2, 0) is 11.4 Å². The van der Waals surface area contributed by atoms with Crippen molar-refractivity contribution in [3.05, 3.63) is 94.5 Å². The predicted octanol–water partition coefficient (Wildman–Crippen LogP) is 4.72. The number of carbonyl (C=O) groups is 1. The zero-order valence-electron chi connectivity index (χ0n) is 17.5. The van der Waals surface area contributed by atoms with Crippen LogP contribution in [0.3, 0.4) is 0 Å². The van der Waals surface area contributed by atoms with Gasteiger partial charge in [0.05, 0.1) is 6.21 Å². The van der Waals surface area contributed by atoms with Crippen molar-refractivity contribution in [2.45, 2.75) is 27.4 Å². The van der Waals surface area contributed by atoms with Crippen LogP contribution in [0.5, 0.6) is 11.5 Å². The van der Waals surface area contributed by atoms with Crippen molar-refractivity contribution in [2.24, 2.45) is 5.10 Å². The first-order valence-electron chi connectivity index (χ1n) is 9.79. The molecule has 0 unspecified atom stereocenters. The van der Waals surface area contributed by atoms with E-state index in [1.165, 1.54) is 5.56 Å². The van der Waals surface area contributed by atoms with E-state index in [-0.39, 0.29) is 12.5 Å². The SMILES string of the molecule is Cc1ccc(COc2ccc(/C=N/NC(=O)COc3cc(C)cc(C)c3)cc2)cc1. The molecule has 5 nitrogen and oxygen atoms in total. The molecule has 0 fully saturated rings. The number of benzene rings is 3. The van der Waals surface area contributed by atoms with Crippen molar-refractivity contribution in [1.29, 1.82) is 0 Å². The molecule has 3 aromatic rings. The Bertz CT molecular complexity index is 989. The van der Waals surface area contributed by atoms with E-state index in [1.54, 1.807) is 6.21 Å². The van der Waals surface area contributed by atoms with Gasteiger partial charge in [0.25, 0.3) is 5.91 Å². The van der Waals surface area contributed by atoms with Crippen molar-refractivity contribution in [3.63, 3.8) is 0 Å². The summed E-state index contributed by atoms with van der Waals surface area (Å²) in [6.07, 6.45) is 1.58. The van der Waals surface area contributed by atoms with Gasteiger partial charge in [0.15, 0.2) is 6.61 Å². The minimum atomic E-state index is -0.316. The lowest BCUT2D eigenvalue weighted by Gasteiger charge is -2.07. The fourth-order valence-electron chi connectivity index (χ4n) is 2.88. The van der Waals surface area contributed by atoms with E-state index >= 15 is 0 Å². The lowest BCUT2D eigenvalue weighted by Crippen LogP contribution is -2.24. The van der Waals surface area contributed by atoms with Gasteiger partial charge in [-0.2, -0.15) is 5.10 Å². The molecule has 30 heavy (non-hydrogen) atoms. The molecule has 5 heteroatoms. The highest BCUT2D eigenvalue weighted by atomic mass is 16.5. The van der Waals surface area contributed by atoms with E-state index in [4.69, 9.17) is 9.47 Å². The van der Waals surface area contributed by atoms with Crippen LogP contribution in [0.4, 0.5) is 0 Å². The highest BCUT2D eigenvalue weighted by Crippen LogP contribution is 2.16. The number of amides is 1. The molecule has 1 N–H and O–H groups in total. The van der Waals surface area contributed by atoms with Crippen molar-refractivity contribution in [1.82, 2.24) is 5.43 Å². The van der Waals surface area contributed by atoms with Crippen LogP contribution < -0.4 is 14.9 Å². The number of nitrogens with zero attached hydrogens (tertiary/aromatic N) is 1. The molecule has 0 aromatic heterocycles. The summed E-state index contributed by atoms with van der Waals surface area (Å²) in [6.45, 7) is 6.47. The summed E-state index contributed by atoms with van der Waals surface area (Å²) in [6, 6.07) is 21.6. The number of nitrogens with one attached hydrogen (secondary N) is 1. The van der Waals surface area contributed by atoms with Gasteiger partial charge in [-0.3, -0.25) is 4.79 Å². The van der Waals surface area contributed by atoms with Gasteiger partial charge in [-0.05, 0) is 79.4 Å². The van der Waals surface area contributed by atoms with Crippen LogP contribution in [0, 0.1) is 20.8 Å². The highest BCUT2D eigenvalue weighted by Gasteiger charge is 2.03. The van der Waals surface area contributed by atoms with E-state index in [0.717, 1.165) is 28.0 Å². The number of aryl methyl sites for hydroxylation is 3. The van der Waals surface area contributed by atoms with Crippen LogP contribution in [-0.4, -0.2) is 18.7 Å². The zero-order chi connectivity index (χ0) is 21.3. The lowest BCUT2D eigenvalue weighted by molar-refractivity contribution is -0.123. The average Bonchev–Trinajstić information content (AvgIpc) is 2.72. The summed E-state index contributed by atoms with van der Waals surface area (Å²) >= 11 is 0. The van der Waals surface area contributed by atoms with E-state index < -0.39 is 0 Å². The van der Waals surface area contributed by atoms with Gasteiger partial charge in [0.2, 0.25) is 0 Å². The number of hydrogen-bond donors (Lipinski definition) is 1. The summed E-state index contributed by atoms with van der Waals surface area (Å²) < 4.78 is 11.3. The van der Waals surface area contributed by atoms with Crippen LogP contribution >= 0.6 is 0 Å². The third-order valence-electron chi connectivity index (χ3n) is 4.37. The van der Waals surface area contributed by atoms with Crippen LogP contribution in [0.1, 0.15) is 27.8 Å². The first kappa shape index (κ1) is 21.1. The summed E-state index contributed by atoms with van der Waals surface area (Å²) in [5.41, 5.74) is 7.86. The first-order valence-corrected chi connectivity index (χ1v) is 9.79. The Labute approximate surface area is 177 Å². The van der Waals surface area contributed by atoms with Gasteiger partial charge >= 0.3 is 0 Å². The number of ether oxygens (including phenoxy) is 2. The minimum Gasteiger partial charge on any atom is -0.489 e. The van der Waals surface area contributed by atoms with E-state index in [2.05, 4.69) is 47.8 Å². The molecule has 154 valence electrons. The molecule has 0 aliphatic heterocycles. The van der Waals surface area contributed by atoms with Gasteiger partial charge in [-0.1, -0.05) is 35.9 Å². The van der Waals surface area contributed by atoms with Crippen LogP contribution in [0.2, 0.25) is 0 Å². The Kier molecular flexibility index (Phi) is 7.22. The van der Waals surface area contributed by atoms with Gasteiger partial charge < -0.3 is 9.47 Å². The van der Waals surface area contributed by atoms with Crippen LogP contribution in [0.15, 0.2) is 71.8 Å². The topological polar surface area (TPSA) is 59.9 Å². The second-order valence-corrected chi connectivity index (χ2v) is 7.25. The molecule has 0 radical (unpaired) electrons. The summed E-state index contributed by atoms with van der Waals surface area (Å²) in [4.78, 5) is 11.9. The largest absolute Gasteiger partial charge is 0.489 e. The number of rotatable bonds is 8. The zero-order valence-corrected chi connectivity index (χ0v) is 17.5. The molecule has 0 aliphatic carbocycles. The Morgan fingerprint density at radius 3 is 2.17 bits per heavy atom. The minimum absolute atomic E-state index is 0.0912. The molecule has 0 spiro atoms. The van der Waals surface area contributed by atoms with Crippen molar-refractivity contribution in [2.75, 3.05) is 6.61 Å². The average molecular weight is 402 g/mol. The first-order chi connectivity index (χ1) is 14.5. The van der Waals surface area contributed by atoms with Gasteiger partial charge in [-0.15, -0.1) is 0 Å². The van der Waals surface area contributed by atoms with E-state index in [9.17, 15) is 4.79 Å². The summed E-state index contributed by atoms with van der Waals surface area (Å²) in [5, 5.41) is 3.98. The molecule has 0 bridgehead atoms. The molecule has 1 amide bonds. The molecule has 0 saturated heterocycles. The Morgan fingerprint density at radius 1 is 0.833 bits per heavy atom. The van der Waals surface area contributed by atoms with Crippen LogP contribution in [0.25, 0.3) is 0 Å². The van der Waals surface area contributed by atoms with Gasteiger partial charge in [0, 0.05) is 0 Å². The predicted molar refractivity (Wildman–Crippen MR) is 119 cm³/mol. The van der Waals surface area contributed by atoms with Crippen molar-refractivity contribution in [3.8, 4) is 11.5 Å². The maximum absolute atomic E-state index is 11.9. The van der Waals surface area contributed by atoms with Gasteiger partial charge in [-0.25, -0.2) is 5.43 Å². The second kappa shape index (κ2) is 10.3. The monoisotopic (exact) mass is 402 g/mol. The molecular formula is C25H26N2O3. The molecule has 0 saturated carbocycles. The molecule has 0 aliphatic rings. The summed E-state index contributed by atoms with van der Waals surface area (Å²) in [7, 11) is 0. The normalized spacial score (nSPS) is 10.8. The molecule has 0 atom stereocenters. The van der Waals surface area contributed by atoms with E-state index in [1.807, 2.05) is 50.2 Å². The molecular weight excluding hydrogens is 376 g/mol. The Hall–Kier alpha value is -3.60. The maximum Gasteiger partial charge on any atom is 0.277 e. The molecule has 3 aromatic carbocycles. The van der Waals surface area contributed by atoms with Crippen molar-refractivity contribution < 1.29 is 14.3 Å². The quantitative estimate of drug-likeness (QED) is 0.438. The highest BCUT2D eigenvalue weighted by molar-refractivity contribution is 5.83. The fraction of sp³-hybridized carbons (Fsp3) is 0.200. The van der Waals surface area contributed by atoms with Gasteiger partial charge in [0.1, 0.15) is 18.1 Å². The van der Waals surface area contributed by atoms with E-state index in [0.29, 0.717) is 12.4 Å². The fourth-order valence-corrected chi connectivity index (χ4v) is 2.88. The Balaban J connectivity index is 1.43. The second-order valence-electron chi connectivity index (χ2n) is 7.25. The third-order valence-corrected chi connectivity index (χ3v) is 4.37. The smallest absolute Gasteiger partial charge is 0.277 e. The lowest BCUT2D eigenvalue weighted by atomic mass is 10.1. The number of carbonyl (C=O) groups excluding carboxylic acids is 1. The number of hydrogen-bond acceptors (Lipinski definition) is 4. The number of hydrazone groups is 1. The Morgan fingerprint density at radius 2 is 1.50 bits per heavy atom. The van der Waals surface area contributed by atoms with Crippen molar-refractivity contribution >= 4 is 12.1 Å².